The lowest BCUT2D eigenvalue weighted by Crippen LogP contribution is -2.46. The van der Waals surface area contributed by atoms with Gasteiger partial charge in [0, 0.05) is 12.1 Å². The van der Waals surface area contributed by atoms with Gasteiger partial charge in [0.05, 0.1) is 6.42 Å². The molecule has 1 heterocycles. The number of hydrogen-bond acceptors (Lipinski definition) is 2. The number of benzene rings is 1. The van der Waals surface area contributed by atoms with Crippen LogP contribution in [0.3, 0.4) is 0 Å². The van der Waals surface area contributed by atoms with Crippen molar-refractivity contribution in [3.63, 3.8) is 0 Å². The minimum absolute atomic E-state index is 0.141. The van der Waals surface area contributed by atoms with Gasteiger partial charge in [0.25, 0.3) is 0 Å². The summed E-state index contributed by atoms with van der Waals surface area (Å²) in [6.07, 6.45) is 2.54. The van der Waals surface area contributed by atoms with Crippen molar-refractivity contribution < 1.29 is 4.79 Å². The lowest BCUT2D eigenvalue weighted by Gasteiger charge is -2.28. The van der Waals surface area contributed by atoms with Gasteiger partial charge in [-0.25, -0.2) is 0 Å². The summed E-state index contributed by atoms with van der Waals surface area (Å²) in [7, 11) is 0. The lowest BCUT2D eigenvalue weighted by atomic mass is 10.00. The maximum absolute atomic E-state index is 12.1. The van der Waals surface area contributed by atoms with Crippen LogP contribution in [0.2, 0.25) is 0 Å². The molecule has 0 aromatic heterocycles. The van der Waals surface area contributed by atoms with Crippen LogP contribution in [-0.2, 0) is 11.2 Å². The van der Waals surface area contributed by atoms with Crippen molar-refractivity contribution in [2.75, 3.05) is 6.54 Å². The SMILES string of the molecule is Cc1ccc(CC(=O)NC2CCNC(C)C2)cc1C. The molecule has 1 aliphatic heterocycles. The molecule has 2 unspecified atom stereocenters. The lowest BCUT2D eigenvalue weighted by molar-refractivity contribution is -0.121. The van der Waals surface area contributed by atoms with Gasteiger partial charge in [-0.1, -0.05) is 18.2 Å². The molecule has 0 radical (unpaired) electrons. The molecule has 3 heteroatoms. The molecule has 1 fully saturated rings. The largest absolute Gasteiger partial charge is 0.353 e. The van der Waals surface area contributed by atoms with Crippen molar-refractivity contribution >= 4 is 5.91 Å². The van der Waals surface area contributed by atoms with Crippen molar-refractivity contribution in [3.05, 3.63) is 34.9 Å². The predicted molar refractivity (Wildman–Crippen MR) is 78.2 cm³/mol. The van der Waals surface area contributed by atoms with E-state index in [1.165, 1.54) is 11.1 Å². The Labute approximate surface area is 115 Å². The normalized spacial score (nSPS) is 23.1. The molecule has 0 aliphatic carbocycles. The van der Waals surface area contributed by atoms with Gasteiger partial charge >= 0.3 is 0 Å². The van der Waals surface area contributed by atoms with Gasteiger partial charge in [-0.05, 0) is 56.8 Å². The van der Waals surface area contributed by atoms with Crippen LogP contribution in [0.5, 0.6) is 0 Å². The van der Waals surface area contributed by atoms with Crippen LogP contribution < -0.4 is 10.6 Å². The summed E-state index contributed by atoms with van der Waals surface area (Å²) in [5.74, 6) is 0.141. The van der Waals surface area contributed by atoms with Crippen molar-refractivity contribution in [1.82, 2.24) is 10.6 Å². The maximum atomic E-state index is 12.1. The van der Waals surface area contributed by atoms with E-state index >= 15 is 0 Å². The molecule has 1 amide bonds. The standard InChI is InChI=1S/C16H24N2O/c1-11-4-5-14(8-12(11)2)10-16(19)18-15-6-7-17-13(3)9-15/h4-5,8,13,15,17H,6-7,9-10H2,1-3H3,(H,18,19). The molecular weight excluding hydrogens is 236 g/mol. The Morgan fingerprint density at radius 2 is 2.16 bits per heavy atom. The van der Waals surface area contributed by atoms with Crippen LogP contribution in [-0.4, -0.2) is 24.5 Å². The second kappa shape index (κ2) is 6.20. The van der Waals surface area contributed by atoms with Crippen molar-refractivity contribution in [3.8, 4) is 0 Å². The molecule has 2 atom stereocenters. The Morgan fingerprint density at radius 3 is 2.84 bits per heavy atom. The number of carbonyl (C=O) groups is 1. The van der Waals surface area contributed by atoms with E-state index in [1.54, 1.807) is 0 Å². The van der Waals surface area contributed by atoms with Gasteiger partial charge in [-0.15, -0.1) is 0 Å². The molecule has 1 saturated heterocycles. The molecule has 2 rings (SSSR count). The van der Waals surface area contributed by atoms with Crippen LogP contribution in [0.15, 0.2) is 18.2 Å². The van der Waals surface area contributed by atoms with Crippen molar-refractivity contribution in [1.29, 1.82) is 0 Å². The fraction of sp³-hybridized carbons (Fsp3) is 0.562. The zero-order valence-corrected chi connectivity index (χ0v) is 12.1. The summed E-state index contributed by atoms with van der Waals surface area (Å²) in [5.41, 5.74) is 3.62. The van der Waals surface area contributed by atoms with E-state index in [0.717, 1.165) is 24.9 Å². The minimum atomic E-state index is 0.141. The Morgan fingerprint density at radius 1 is 1.37 bits per heavy atom. The van der Waals surface area contributed by atoms with Crippen molar-refractivity contribution in [2.24, 2.45) is 0 Å². The molecular formula is C16H24N2O. The van der Waals surface area contributed by atoms with Gasteiger partial charge in [-0.3, -0.25) is 4.79 Å². The number of rotatable bonds is 3. The van der Waals surface area contributed by atoms with Gasteiger partial charge in [0.15, 0.2) is 0 Å². The summed E-state index contributed by atoms with van der Waals surface area (Å²) in [4.78, 5) is 12.1. The number of nitrogens with one attached hydrogen (secondary N) is 2. The number of amides is 1. The Hall–Kier alpha value is -1.35. The van der Waals surface area contributed by atoms with Gasteiger partial charge < -0.3 is 10.6 Å². The number of carbonyl (C=O) groups excluding carboxylic acids is 1. The number of aryl methyl sites for hydroxylation is 2. The first-order valence-electron chi connectivity index (χ1n) is 7.13. The summed E-state index contributed by atoms with van der Waals surface area (Å²) < 4.78 is 0. The zero-order chi connectivity index (χ0) is 13.8. The molecule has 3 nitrogen and oxygen atoms in total. The highest BCUT2D eigenvalue weighted by molar-refractivity contribution is 5.79. The van der Waals surface area contributed by atoms with Gasteiger partial charge in [0.2, 0.25) is 5.91 Å². The summed E-state index contributed by atoms with van der Waals surface area (Å²) in [6, 6.07) is 7.08. The van der Waals surface area contributed by atoms with Crippen LogP contribution in [0.25, 0.3) is 0 Å². The monoisotopic (exact) mass is 260 g/mol. The third kappa shape index (κ3) is 4.06. The molecule has 0 saturated carbocycles. The molecule has 104 valence electrons. The second-order valence-electron chi connectivity index (χ2n) is 5.74. The zero-order valence-electron chi connectivity index (χ0n) is 12.1. The smallest absolute Gasteiger partial charge is 0.224 e. The average Bonchev–Trinajstić information content (AvgIpc) is 2.34. The Balaban J connectivity index is 1.88. The maximum Gasteiger partial charge on any atom is 0.224 e. The fourth-order valence-corrected chi connectivity index (χ4v) is 2.64. The number of piperidine rings is 1. The quantitative estimate of drug-likeness (QED) is 0.874. The predicted octanol–water partition coefficient (Wildman–Crippen LogP) is 2.10. The van der Waals surface area contributed by atoms with E-state index in [4.69, 9.17) is 0 Å². The summed E-state index contributed by atoms with van der Waals surface area (Å²) >= 11 is 0. The average molecular weight is 260 g/mol. The van der Waals surface area contributed by atoms with Gasteiger partial charge in [0.1, 0.15) is 0 Å². The molecule has 2 N–H and O–H groups in total. The summed E-state index contributed by atoms with van der Waals surface area (Å²) in [6.45, 7) is 7.35. The molecule has 1 aromatic rings. The highest BCUT2D eigenvalue weighted by Gasteiger charge is 2.19. The highest BCUT2D eigenvalue weighted by Crippen LogP contribution is 2.12. The van der Waals surface area contributed by atoms with E-state index in [0.29, 0.717) is 18.5 Å². The molecule has 1 aromatic carbocycles. The van der Waals surface area contributed by atoms with E-state index < -0.39 is 0 Å². The molecule has 19 heavy (non-hydrogen) atoms. The Kier molecular flexibility index (Phi) is 4.59. The van der Waals surface area contributed by atoms with E-state index in [9.17, 15) is 4.79 Å². The van der Waals surface area contributed by atoms with Crippen LogP contribution >= 0.6 is 0 Å². The Bertz CT molecular complexity index is 456. The molecule has 0 spiro atoms. The molecule has 1 aliphatic rings. The minimum Gasteiger partial charge on any atom is -0.353 e. The van der Waals surface area contributed by atoms with Crippen molar-refractivity contribution in [2.45, 2.75) is 52.1 Å². The van der Waals surface area contributed by atoms with Crippen LogP contribution in [0.4, 0.5) is 0 Å². The van der Waals surface area contributed by atoms with Crippen LogP contribution in [0, 0.1) is 13.8 Å². The first-order chi connectivity index (χ1) is 9.04. The first kappa shape index (κ1) is 14.1. The third-order valence-electron chi connectivity index (χ3n) is 3.92. The second-order valence-corrected chi connectivity index (χ2v) is 5.74. The topological polar surface area (TPSA) is 41.1 Å². The number of hydrogen-bond donors (Lipinski definition) is 2. The van der Waals surface area contributed by atoms with E-state index in [1.807, 2.05) is 6.07 Å². The molecule has 0 bridgehead atoms. The van der Waals surface area contributed by atoms with Crippen LogP contribution in [0.1, 0.15) is 36.5 Å². The van der Waals surface area contributed by atoms with E-state index in [-0.39, 0.29) is 5.91 Å². The van der Waals surface area contributed by atoms with Gasteiger partial charge in [-0.2, -0.15) is 0 Å². The first-order valence-corrected chi connectivity index (χ1v) is 7.13. The fourth-order valence-electron chi connectivity index (χ4n) is 2.64. The summed E-state index contributed by atoms with van der Waals surface area (Å²) in [5, 5.41) is 6.55. The third-order valence-corrected chi connectivity index (χ3v) is 3.92. The van der Waals surface area contributed by atoms with E-state index in [2.05, 4.69) is 43.5 Å². The highest BCUT2D eigenvalue weighted by atomic mass is 16.1.